The average Bonchev–Trinajstić information content (AvgIpc) is 2.27. The van der Waals surface area contributed by atoms with Crippen molar-refractivity contribution in [1.82, 2.24) is 4.72 Å². The highest BCUT2D eigenvalue weighted by Gasteiger charge is 2.17. The van der Waals surface area contributed by atoms with Gasteiger partial charge in [-0.1, -0.05) is 15.9 Å². The second-order valence-corrected chi connectivity index (χ2v) is 8.66. The molecule has 0 radical (unpaired) electrons. The van der Waals surface area contributed by atoms with Crippen LogP contribution >= 0.6 is 31.9 Å². The molecule has 1 rings (SSSR count). The number of nitrogens with one attached hydrogen (secondary N) is 1. The van der Waals surface area contributed by atoms with Gasteiger partial charge in [0.1, 0.15) is 0 Å². The van der Waals surface area contributed by atoms with E-state index in [1.165, 1.54) is 6.07 Å². The summed E-state index contributed by atoms with van der Waals surface area (Å²) in [5, 5.41) is 0. The van der Waals surface area contributed by atoms with Crippen LogP contribution in [-0.2, 0) is 20.8 Å². The van der Waals surface area contributed by atoms with Gasteiger partial charge in [-0.3, -0.25) is 4.21 Å². The van der Waals surface area contributed by atoms with E-state index in [9.17, 15) is 12.6 Å². The number of hydrogen-bond acceptors (Lipinski definition) is 3. The monoisotopic (exact) mass is 417 g/mol. The van der Waals surface area contributed by atoms with E-state index in [-0.39, 0.29) is 11.4 Å². The highest BCUT2D eigenvalue weighted by molar-refractivity contribution is 9.11. The summed E-state index contributed by atoms with van der Waals surface area (Å²) in [5.74, 6) is 0.488. The third kappa shape index (κ3) is 5.08. The third-order valence-electron chi connectivity index (χ3n) is 2.08. The molecule has 18 heavy (non-hydrogen) atoms. The van der Waals surface area contributed by atoms with Crippen LogP contribution in [0.1, 0.15) is 6.42 Å². The van der Waals surface area contributed by atoms with Crippen molar-refractivity contribution in [2.45, 2.75) is 11.3 Å². The number of benzene rings is 1. The lowest BCUT2D eigenvalue weighted by Crippen LogP contribution is -2.26. The molecule has 0 aliphatic rings. The van der Waals surface area contributed by atoms with E-state index >= 15 is 0 Å². The fourth-order valence-corrected chi connectivity index (χ4v) is 4.37. The van der Waals surface area contributed by atoms with Crippen LogP contribution in [0.3, 0.4) is 0 Å². The molecule has 1 N–H and O–H groups in total. The van der Waals surface area contributed by atoms with Gasteiger partial charge in [0, 0.05) is 38.3 Å². The van der Waals surface area contributed by atoms with Gasteiger partial charge in [-0.15, -0.1) is 0 Å². The van der Waals surface area contributed by atoms with Gasteiger partial charge in [0.2, 0.25) is 10.0 Å². The van der Waals surface area contributed by atoms with Crippen LogP contribution in [-0.4, -0.2) is 31.2 Å². The predicted molar refractivity (Wildman–Crippen MR) is 80.6 cm³/mol. The zero-order valence-electron chi connectivity index (χ0n) is 9.65. The quantitative estimate of drug-likeness (QED) is 0.720. The van der Waals surface area contributed by atoms with Gasteiger partial charge in [-0.05, 0) is 40.5 Å². The van der Waals surface area contributed by atoms with E-state index in [1.807, 2.05) is 0 Å². The van der Waals surface area contributed by atoms with Crippen LogP contribution in [0.5, 0.6) is 0 Å². The first-order valence-corrected chi connectivity index (χ1v) is 9.87. The van der Waals surface area contributed by atoms with E-state index < -0.39 is 20.8 Å². The molecule has 0 aliphatic heterocycles. The van der Waals surface area contributed by atoms with Gasteiger partial charge < -0.3 is 0 Å². The maximum Gasteiger partial charge on any atom is 0.241 e. The Kier molecular flexibility index (Phi) is 6.46. The zero-order chi connectivity index (χ0) is 13.8. The molecule has 1 aromatic rings. The van der Waals surface area contributed by atoms with Crippen LogP contribution < -0.4 is 4.72 Å². The Balaban J connectivity index is 2.74. The van der Waals surface area contributed by atoms with Crippen LogP contribution in [0, 0.1) is 0 Å². The number of rotatable bonds is 6. The number of halogens is 2. The first-order valence-electron chi connectivity index (χ1n) is 5.07. The molecule has 0 aliphatic carbocycles. The smallest absolute Gasteiger partial charge is 0.241 e. The average molecular weight is 419 g/mol. The predicted octanol–water partition coefficient (Wildman–Crippen LogP) is 2.26. The highest BCUT2D eigenvalue weighted by atomic mass is 79.9. The Bertz CT molecular complexity index is 546. The first-order chi connectivity index (χ1) is 8.33. The maximum atomic E-state index is 12.0. The lowest BCUT2D eigenvalue weighted by molar-refractivity contribution is 0.580. The summed E-state index contributed by atoms with van der Waals surface area (Å²) in [6, 6.07) is 4.95. The van der Waals surface area contributed by atoms with Gasteiger partial charge in [0.05, 0.1) is 4.90 Å². The molecule has 4 nitrogen and oxygen atoms in total. The Labute approximate surface area is 126 Å². The second-order valence-electron chi connectivity index (χ2n) is 3.60. The van der Waals surface area contributed by atoms with Crippen LogP contribution in [0.2, 0.25) is 0 Å². The van der Waals surface area contributed by atoms with Crippen molar-refractivity contribution in [1.29, 1.82) is 0 Å². The Morgan fingerprint density at radius 1 is 1.33 bits per heavy atom. The van der Waals surface area contributed by atoms with Gasteiger partial charge in [-0.2, -0.15) is 0 Å². The molecule has 1 atom stereocenters. The summed E-state index contributed by atoms with van der Waals surface area (Å²) in [6.45, 7) is 0.279. The molecule has 0 fully saturated rings. The lowest BCUT2D eigenvalue weighted by Gasteiger charge is -2.08. The van der Waals surface area contributed by atoms with Gasteiger partial charge >= 0.3 is 0 Å². The molecule has 0 bridgehead atoms. The Morgan fingerprint density at radius 2 is 2.00 bits per heavy atom. The van der Waals surface area contributed by atoms with Crippen LogP contribution in [0.25, 0.3) is 0 Å². The molecule has 1 unspecified atom stereocenters. The molecular formula is C10H13Br2NO3S2. The molecule has 0 heterocycles. The van der Waals surface area contributed by atoms with Gasteiger partial charge in [0.25, 0.3) is 0 Å². The largest absolute Gasteiger partial charge is 0.260 e. The fraction of sp³-hybridized carbons (Fsp3) is 0.400. The molecule has 0 spiro atoms. The van der Waals surface area contributed by atoms with E-state index in [4.69, 9.17) is 0 Å². The minimum absolute atomic E-state index is 0.189. The van der Waals surface area contributed by atoms with Crippen molar-refractivity contribution in [3.8, 4) is 0 Å². The molecular weight excluding hydrogens is 406 g/mol. The normalized spacial score (nSPS) is 13.5. The summed E-state index contributed by atoms with van der Waals surface area (Å²) < 4.78 is 38.6. The Hall–Kier alpha value is 0.240. The highest BCUT2D eigenvalue weighted by Crippen LogP contribution is 2.25. The fourth-order valence-electron chi connectivity index (χ4n) is 1.24. The summed E-state index contributed by atoms with van der Waals surface area (Å²) in [4.78, 5) is 0.189. The maximum absolute atomic E-state index is 12.0. The summed E-state index contributed by atoms with van der Waals surface area (Å²) in [6.07, 6.45) is 2.15. The van der Waals surface area contributed by atoms with Crippen molar-refractivity contribution < 1.29 is 12.6 Å². The third-order valence-corrected chi connectivity index (χ3v) is 5.90. The van der Waals surface area contributed by atoms with Crippen molar-refractivity contribution in [2.24, 2.45) is 0 Å². The molecule has 8 heteroatoms. The SMILES string of the molecule is CS(=O)CCCNS(=O)(=O)c1cc(Br)ccc1Br. The van der Waals surface area contributed by atoms with E-state index in [0.717, 1.165) is 0 Å². The van der Waals surface area contributed by atoms with Crippen molar-refractivity contribution in [3.05, 3.63) is 27.1 Å². The van der Waals surface area contributed by atoms with E-state index in [2.05, 4.69) is 36.6 Å². The topological polar surface area (TPSA) is 63.2 Å². The van der Waals surface area contributed by atoms with Gasteiger partial charge in [-0.25, -0.2) is 13.1 Å². The molecule has 1 aromatic carbocycles. The first kappa shape index (κ1) is 16.3. The molecule has 102 valence electrons. The van der Waals surface area contributed by atoms with E-state index in [1.54, 1.807) is 18.4 Å². The van der Waals surface area contributed by atoms with E-state index in [0.29, 0.717) is 21.1 Å². The van der Waals surface area contributed by atoms with Crippen molar-refractivity contribution in [2.75, 3.05) is 18.6 Å². The minimum atomic E-state index is -3.54. The molecule has 0 aromatic heterocycles. The standard InChI is InChI=1S/C10H13Br2NO3S2/c1-17(14)6-2-5-13-18(15,16)10-7-8(11)3-4-9(10)12/h3-4,7,13H,2,5-6H2,1H3. The second kappa shape index (κ2) is 7.14. The van der Waals surface area contributed by atoms with Crippen molar-refractivity contribution >= 4 is 52.7 Å². The molecule has 0 amide bonds. The summed E-state index contributed by atoms with van der Waals surface area (Å²) in [7, 11) is -4.44. The number of hydrogen-bond donors (Lipinski definition) is 1. The van der Waals surface area contributed by atoms with Crippen LogP contribution in [0.15, 0.2) is 32.0 Å². The molecule has 0 saturated heterocycles. The Morgan fingerprint density at radius 3 is 2.61 bits per heavy atom. The summed E-state index contributed by atoms with van der Waals surface area (Å²) >= 11 is 6.45. The lowest BCUT2D eigenvalue weighted by atomic mass is 10.4. The minimum Gasteiger partial charge on any atom is -0.260 e. The van der Waals surface area contributed by atoms with Crippen molar-refractivity contribution in [3.63, 3.8) is 0 Å². The zero-order valence-corrected chi connectivity index (χ0v) is 14.5. The number of sulfonamides is 1. The van der Waals surface area contributed by atoms with Crippen LogP contribution in [0.4, 0.5) is 0 Å². The van der Waals surface area contributed by atoms with Gasteiger partial charge in [0.15, 0.2) is 0 Å². The molecule has 0 saturated carbocycles. The summed E-state index contributed by atoms with van der Waals surface area (Å²) in [5.41, 5.74) is 0.